The smallest absolute Gasteiger partial charge is 0.118 e. The fourth-order valence-corrected chi connectivity index (χ4v) is 4.44. The average molecular weight is 399 g/mol. The SMILES string of the molecule is CCCn1cc(CN(C)C[C@H]2CCCN(CCc3ccc(OC)cc3)C2)c(C)n1. The van der Waals surface area contributed by atoms with Crippen LogP contribution in [0.2, 0.25) is 0 Å². The third-order valence-electron chi connectivity index (χ3n) is 5.99. The number of hydrogen-bond donors (Lipinski definition) is 0. The maximum atomic E-state index is 5.26. The molecule has 1 aliphatic heterocycles. The zero-order chi connectivity index (χ0) is 20.6. The van der Waals surface area contributed by atoms with Crippen molar-refractivity contribution in [1.29, 1.82) is 0 Å². The molecule has 1 saturated heterocycles. The third-order valence-corrected chi connectivity index (χ3v) is 5.99. The normalized spacial score (nSPS) is 17.8. The molecule has 3 rings (SSSR count). The number of nitrogens with zero attached hydrogens (tertiary/aromatic N) is 4. The molecule has 1 fully saturated rings. The molecule has 0 amide bonds. The number of ether oxygens (including phenoxy) is 1. The Balaban J connectivity index is 1.44. The molecular formula is C24H38N4O. The van der Waals surface area contributed by atoms with Crippen molar-refractivity contribution in [3.8, 4) is 5.75 Å². The fraction of sp³-hybridized carbons (Fsp3) is 0.625. The summed E-state index contributed by atoms with van der Waals surface area (Å²) in [5.74, 6) is 1.70. The van der Waals surface area contributed by atoms with Crippen molar-refractivity contribution in [2.75, 3.05) is 40.3 Å². The third kappa shape index (κ3) is 6.58. The van der Waals surface area contributed by atoms with Crippen LogP contribution in [0.15, 0.2) is 30.5 Å². The minimum Gasteiger partial charge on any atom is -0.497 e. The molecule has 1 aromatic carbocycles. The van der Waals surface area contributed by atoms with Crippen LogP contribution >= 0.6 is 0 Å². The minimum absolute atomic E-state index is 0.760. The summed E-state index contributed by atoms with van der Waals surface area (Å²) in [5, 5.41) is 4.65. The first-order valence-corrected chi connectivity index (χ1v) is 11.1. The second kappa shape index (κ2) is 10.8. The summed E-state index contributed by atoms with van der Waals surface area (Å²) < 4.78 is 7.35. The van der Waals surface area contributed by atoms with Gasteiger partial charge in [-0.05, 0) is 69.8 Å². The van der Waals surface area contributed by atoms with Crippen LogP contribution in [0.5, 0.6) is 5.75 Å². The second-order valence-corrected chi connectivity index (χ2v) is 8.61. The van der Waals surface area contributed by atoms with Crippen molar-refractivity contribution in [2.45, 2.75) is 52.6 Å². The van der Waals surface area contributed by atoms with E-state index in [2.05, 4.69) is 70.9 Å². The van der Waals surface area contributed by atoms with Gasteiger partial charge < -0.3 is 14.5 Å². The zero-order valence-electron chi connectivity index (χ0n) is 18.7. The topological polar surface area (TPSA) is 33.5 Å². The summed E-state index contributed by atoms with van der Waals surface area (Å²) in [6, 6.07) is 8.51. The molecule has 29 heavy (non-hydrogen) atoms. The number of benzene rings is 1. The highest BCUT2D eigenvalue weighted by Crippen LogP contribution is 2.20. The van der Waals surface area contributed by atoms with Gasteiger partial charge in [-0.15, -0.1) is 0 Å². The maximum Gasteiger partial charge on any atom is 0.118 e. The Bertz CT molecular complexity index is 740. The van der Waals surface area contributed by atoms with Crippen molar-refractivity contribution >= 4 is 0 Å². The van der Waals surface area contributed by atoms with Gasteiger partial charge in [-0.3, -0.25) is 4.68 Å². The monoisotopic (exact) mass is 398 g/mol. The quantitative estimate of drug-likeness (QED) is 0.606. The van der Waals surface area contributed by atoms with E-state index in [-0.39, 0.29) is 0 Å². The summed E-state index contributed by atoms with van der Waals surface area (Å²) in [4.78, 5) is 5.13. The molecule has 2 aromatic rings. The van der Waals surface area contributed by atoms with Gasteiger partial charge in [-0.2, -0.15) is 5.10 Å². The van der Waals surface area contributed by atoms with Gasteiger partial charge in [0.05, 0.1) is 12.8 Å². The lowest BCUT2D eigenvalue weighted by Crippen LogP contribution is -2.40. The molecule has 5 heteroatoms. The van der Waals surface area contributed by atoms with E-state index in [1.807, 2.05) is 0 Å². The number of likely N-dealkylation sites (tertiary alicyclic amines) is 1. The molecule has 1 aromatic heterocycles. The molecule has 0 bridgehead atoms. The summed E-state index contributed by atoms with van der Waals surface area (Å²) in [5.41, 5.74) is 3.94. The highest BCUT2D eigenvalue weighted by molar-refractivity contribution is 5.27. The first-order valence-electron chi connectivity index (χ1n) is 11.1. The van der Waals surface area contributed by atoms with Crippen LogP contribution in [0.25, 0.3) is 0 Å². The van der Waals surface area contributed by atoms with Gasteiger partial charge in [0, 0.05) is 44.5 Å². The first-order chi connectivity index (χ1) is 14.1. The number of methoxy groups -OCH3 is 1. The molecular weight excluding hydrogens is 360 g/mol. The highest BCUT2D eigenvalue weighted by atomic mass is 16.5. The van der Waals surface area contributed by atoms with E-state index >= 15 is 0 Å². The number of hydrogen-bond acceptors (Lipinski definition) is 4. The average Bonchev–Trinajstić information content (AvgIpc) is 3.06. The predicted molar refractivity (Wildman–Crippen MR) is 119 cm³/mol. The number of aromatic nitrogens is 2. The van der Waals surface area contributed by atoms with Crippen LogP contribution in [0.3, 0.4) is 0 Å². The van der Waals surface area contributed by atoms with Crippen molar-refractivity contribution < 1.29 is 4.74 Å². The number of piperidine rings is 1. The first kappa shape index (κ1) is 21.8. The van der Waals surface area contributed by atoms with Crippen LogP contribution < -0.4 is 4.74 Å². The Labute approximate surface area is 176 Å². The van der Waals surface area contributed by atoms with E-state index in [0.29, 0.717) is 0 Å². The number of aryl methyl sites for hydroxylation is 2. The second-order valence-electron chi connectivity index (χ2n) is 8.61. The van der Waals surface area contributed by atoms with Crippen molar-refractivity contribution in [3.63, 3.8) is 0 Å². The van der Waals surface area contributed by atoms with E-state index < -0.39 is 0 Å². The van der Waals surface area contributed by atoms with Gasteiger partial charge in [-0.1, -0.05) is 19.1 Å². The van der Waals surface area contributed by atoms with E-state index in [1.165, 1.54) is 42.8 Å². The number of rotatable bonds is 10. The Morgan fingerprint density at radius 3 is 2.72 bits per heavy atom. The molecule has 1 atom stereocenters. The molecule has 1 aliphatic rings. The Kier molecular flexibility index (Phi) is 8.13. The maximum absolute atomic E-state index is 5.26. The lowest BCUT2D eigenvalue weighted by atomic mass is 9.97. The van der Waals surface area contributed by atoms with Crippen LogP contribution in [0.4, 0.5) is 0 Å². The lowest BCUT2D eigenvalue weighted by Gasteiger charge is -2.34. The Morgan fingerprint density at radius 2 is 2.00 bits per heavy atom. The molecule has 5 nitrogen and oxygen atoms in total. The van der Waals surface area contributed by atoms with Gasteiger partial charge >= 0.3 is 0 Å². The molecule has 0 aliphatic carbocycles. The van der Waals surface area contributed by atoms with Crippen molar-refractivity contribution in [2.24, 2.45) is 5.92 Å². The highest BCUT2D eigenvalue weighted by Gasteiger charge is 2.21. The van der Waals surface area contributed by atoms with Gasteiger partial charge in [0.25, 0.3) is 0 Å². The summed E-state index contributed by atoms with van der Waals surface area (Å²) in [6.45, 7) is 11.1. The molecule has 0 N–H and O–H groups in total. The summed E-state index contributed by atoms with van der Waals surface area (Å²) >= 11 is 0. The zero-order valence-corrected chi connectivity index (χ0v) is 18.7. The van der Waals surface area contributed by atoms with Gasteiger partial charge in [0.1, 0.15) is 5.75 Å². The Hall–Kier alpha value is -1.85. The molecule has 0 radical (unpaired) electrons. The van der Waals surface area contributed by atoms with E-state index in [9.17, 15) is 0 Å². The van der Waals surface area contributed by atoms with Crippen molar-refractivity contribution in [3.05, 3.63) is 47.3 Å². The van der Waals surface area contributed by atoms with Crippen LogP contribution in [-0.4, -0.2) is 59.9 Å². The predicted octanol–water partition coefficient (Wildman–Crippen LogP) is 4.00. The minimum atomic E-state index is 0.760. The van der Waals surface area contributed by atoms with Crippen LogP contribution in [-0.2, 0) is 19.5 Å². The van der Waals surface area contributed by atoms with E-state index in [4.69, 9.17) is 4.74 Å². The van der Waals surface area contributed by atoms with Gasteiger partial charge in [0.2, 0.25) is 0 Å². The summed E-state index contributed by atoms with van der Waals surface area (Å²) in [6.07, 6.45) is 7.14. The largest absolute Gasteiger partial charge is 0.497 e. The van der Waals surface area contributed by atoms with Crippen molar-refractivity contribution in [1.82, 2.24) is 19.6 Å². The molecule has 0 spiro atoms. The van der Waals surface area contributed by atoms with Gasteiger partial charge in [-0.25, -0.2) is 0 Å². The Morgan fingerprint density at radius 1 is 1.21 bits per heavy atom. The molecule has 160 valence electrons. The molecule has 0 saturated carbocycles. The van der Waals surface area contributed by atoms with Crippen LogP contribution in [0, 0.1) is 12.8 Å². The van der Waals surface area contributed by atoms with E-state index in [0.717, 1.165) is 50.7 Å². The van der Waals surface area contributed by atoms with E-state index in [1.54, 1.807) is 7.11 Å². The fourth-order valence-electron chi connectivity index (χ4n) is 4.44. The van der Waals surface area contributed by atoms with Gasteiger partial charge in [0.15, 0.2) is 0 Å². The standard InChI is InChI=1S/C24H38N4O/c1-5-13-28-19-23(20(2)25-28)18-26(3)16-22-7-6-14-27(17-22)15-12-21-8-10-24(29-4)11-9-21/h8-11,19,22H,5-7,12-18H2,1-4H3/t22-/m1/s1. The van der Waals surface area contributed by atoms with Crippen LogP contribution in [0.1, 0.15) is 43.0 Å². The summed E-state index contributed by atoms with van der Waals surface area (Å²) in [7, 11) is 3.98. The molecule has 2 heterocycles. The lowest BCUT2D eigenvalue weighted by molar-refractivity contribution is 0.142. The molecule has 0 unspecified atom stereocenters.